The Labute approximate surface area is 185 Å². The van der Waals surface area contributed by atoms with E-state index in [2.05, 4.69) is 33.4 Å². The standard InChI is InChI=1S/C23H30N4O2.ClH/c28-23(17-27-14-11-25-16-22(27)20-7-4-10-24-15-20)26-12-8-21(9-13-26)29-18-19-5-2-1-3-6-19;/h1-7,10,15,21-22,25H,8-9,11-14,16-18H2;1H. The summed E-state index contributed by atoms with van der Waals surface area (Å²) < 4.78 is 6.06. The molecule has 6 nitrogen and oxygen atoms in total. The SMILES string of the molecule is Cl.O=C(CN1CCNCC1c1cccnc1)N1CCC(OCc2ccccc2)CC1. The van der Waals surface area contributed by atoms with Crippen LogP contribution in [0.3, 0.4) is 0 Å². The molecule has 4 rings (SSSR count). The van der Waals surface area contributed by atoms with Crippen molar-refractivity contribution in [1.82, 2.24) is 20.1 Å². The first-order valence-electron chi connectivity index (χ1n) is 10.6. The number of nitrogens with zero attached hydrogens (tertiary/aromatic N) is 3. The number of carbonyl (C=O) groups excluding carboxylic acids is 1. The van der Waals surface area contributed by atoms with Gasteiger partial charge in [0, 0.05) is 51.2 Å². The molecule has 1 N–H and O–H groups in total. The predicted octanol–water partition coefficient (Wildman–Crippen LogP) is 2.66. The zero-order valence-corrected chi connectivity index (χ0v) is 18.1. The minimum atomic E-state index is 0. The number of nitrogens with one attached hydrogen (secondary N) is 1. The van der Waals surface area contributed by atoms with E-state index in [-0.39, 0.29) is 30.5 Å². The lowest BCUT2D eigenvalue weighted by molar-refractivity contribution is -0.136. The molecule has 3 heterocycles. The van der Waals surface area contributed by atoms with Gasteiger partial charge in [0.05, 0.1) is 19.3 Å². The zero-order chi connectivity index (χ0) is 19.9. The molecule has 0 saturated carbocycles. The van der Waals surface area contributed by atoms with Crippen LogP contribution in [0.15, 0.2) is 54.9 Å². The summed E-state index contributed by atoms with van der Waals surface area (Å²) in [6, 6.07) is 14.5. The maximum Gasteiger partial charge on any atom is 0.236 e. The number of carbonyl (C=O) groups is 1. The Morgan fingerprint density at radius 3 is 2.63 bits per heavy atom. The first-order valence-corrected chi connectivity index (χ1v) is 10.6. The van der Waals surface area contributed by atoms with Crippen LogP contribution in [0, 0.1) is 0 Å². The monoisotopic (exact) mass is 430 g/mol. The molecule has 1 atom stereocenters. The van der Waals surface area contributed by atoms with Crippen LogP contribution in [-0.4, -0.2) is 66.1 Å². The Morgan fingerprint density at radius 1 is 1.10 bits per heavy atom. The van der Waals surface area contributed by atoms with Gasteiger partial charge in [-0.15, -0.1) is 12.4 Å². The van der Waals surface area contributed by atoms with Gasteiger partial charge < -0.3 is 15.0 Å². The third kappa shape index (κ3) is 6.01. The van der Waals surface area contributed by atoms with E-state index in [0.29, 0.717) is 13.2 Å². The number of pyridine rings is 1. The summed E-state index contributed by atoms with van der Waals surface area (Å²) in [7, 11) is 0. The molecule has 0 bridgehead atoms. The Balaban J connectivity index is 0.00000256. The van der Waals surface area contributed by atoms with Crippen LogP contribution in [0.1, 0.15) is 30.0 Å². The number of piperazine rings is 1. The third-order valence-corrected chi connectivity index (χ3v) is 5.89. The maximum atomic E-state index is 12.9. The Morgan fingerprint density at radius 2 is 1.90 bits per heavy atom. The van der Waals surface area contributed by atoms with E-state index in [1.807, 2.05) is 35.4 Å². The lowest BCUT2D eigenvalue weighted by atomic mass is 10.0. The van der Waals surface area contributed by atoms with Crippen molar-refractivity contribution in [2.45, 2.75) is 31.6 Å². The van der Waals surface area contributed by atoms with Crippen molar-refractivity contribution in [3.8, 4) is 0 Å². The fourth-order valence-corrected chi connectivity index (χ4v) is 4.17. The molecular formula is C23H31ClN4O2. The minimum absolute atomic E-state index is 0. The van der Waals surface area contributed by atoms with Crippen molar-refractivity contribution in [1.29, 1.82) is 0 Å². The van der Waals surface area contributed by atoms with Gasteiger partial charge in [0.1, 0.15) is 0 Å². The van der Waals surface area contributed by atoms with Crippen molar-refractivity contribution < 1.29 is 9.53 Å². The van der Waals surface area contributed by atoms with Gasteiger partial charge in [-0.1, -0.05) is 36.4 Å². The lowest BCUT2D eigenvalue weighted by Crippen LogP contribution is -2.51. The summed E-state index contributed by atoms with van der Waals surface area (Å²) >= 11 is 0. The van der Waals surface area contributed by atoms with Crippen LogP contribution in [-0.2, 0) is 16.1 Å². The summed E-state index contributed by atoms with van der Waals surface area (Å²) in [5.41, 5.74) is 2.37. The third-order valence-electron chi connectivity index (χ3n) is 5.89. The van der Waals surface area contributed by atoms with Crippen LogP contribution < -0.4 is 5.32 Å². The number of likely N-dealkylation sites (tertiary alicyclic amines) is 1. The van der Waals surface area contributed by atoms with E-state index in [4.69, 9.17) is 4.74 Å². The smallest absolute Gasteiger partial charge is 0.236 e. The molecule has 7 heteroatoms. The molecular weight excluding hydrogens is 400 g/mol. The Hall–Kier alpha value is -1.99. The molecule has 2 saturated heterocycles. The number of rotatable bonds is 6. The maximum absolute atomic E-state index is 12.9. The van der Waals surface area contributed by atoms with E-state index >= 15 is 0 Å². The predicted molar refractivity (Wildman–Crippen MR) is 120 cm³/mol. The number of halogens is 1. The molecule has 2 aromatic rings. The molecule has 2 fully saturated rings. The molecule has 1 amide bonds. The number of piperidine rings is 1. The van der Waals surface area contributed by atoms with E-state index in [1.165, 1.54) is 11.1 Å². The van der Waals surface area contributed by atoms with Gasteiger partial charge in [0.2, 0.25) is 5.91 Å². The van der Waals surface area contributed by atoms with Gasteiger partial charge in [-0.05, 0) is 30.0 Å². The molecule has 0 radical (unpaired) electrons. The van der Waals surface area contributed by atoms with Gasteiger partial charge in [0.15, 0.2) is 0 Å². The fraction of sp³-hybridized carbons (Fsp3) is 0.478. The average Bonchev–Trinajstić information content (AvgIpc) is 2.80. The summed E-state index contributed by atoms with van der Waals surface area (Å²) in [5.74, 6) is 0.224. The van der Waals surface area contributed by atoms with Crippen molar-refractivity contribution in [3.63, 3.8) is 0 Å². The van der Waals surface area contributed by atoms with E-state index in [1.54, 1.807) is 6.20 Å². The highest BCUT2D eigenvalue weighted by molar-refractivity contribution is 5.85. The molecule has 0 spiro atoms. The molecule has 2 aliphatic rings. The lowest BCUT2D eigenvalue weighted by Gasteiger charge is -2.38. The van der Waals surface area contributed by atoms with Crippen molar-refractivity contribution in [2.24, 2.45) is 0 Å². The molecule has 1 unspecified atom stereocenters. The Bertz CT molecular complexity index is 769. The summed E-state index contributed by atoms with van der Waals surface area (Å²) in [4.78, 5) is 21.5. The van der Waals surface area contributed by atoms with Crippen LogP contribution >= 0.6 is 12.4 Å². The second kappa shape index (κ2) is 11.4. The quantitative estimate of drug-likeness (QED) is 0.763. The number of hydrogen-bond donors (Lipinski definition) is 1. The molecule has 162 valence electrons. The largest absolute Gasteiger partial charge is 0.373 e. The molecule has 30 heavy (non-hydrogen) atoms. The van der Waals surface area contributed by atoms with Gasteiger partial charge in [0.25, 0.3) is 0 Å². The number of benzene rings is 1. The van der Waals surface area contributed by atoms with Crippen molar-refractivity contribution in [2.75, 3.05) is 39.3 Å². The number of aromatic nitrogens is 1. The van der Waals surface area contributed by atoms with Crippen LogP contribution in [0.5, 0.6) is 0 Å². The first-order chi connectivity index (χ1) is 14.3. The van der Waals surface area contributed by atoms with Gasteiger partial charge in [-0.25, -0.2) is 0 Å². The van der Waals surface area contributed by atoms with Gasteiger partial charge in [-0.3, -0.25) is 14.7 Å². The highest BCUT2D eigenvalue weighted by atomic mass is 35.5. The highest BCUT2D eigenvalue weighted by Crippen LogP contribution is 2.22. The second-order valence-electron chi connectivity index (χ2n) is 7.85. The second-order valence-corrected chi connectivity index (χ2v) is 7.85. The van der Waals surface area contributed by atoms with E-state index in [9.17, 15) is 4.79 Å². The molecule has 2 aliphatic heterocycles. The van der Waals surface area contributed by atoms with Gasteiger partial charge >= 0.3 is 0 Å². The van der Waals surface area contributed by atoms with Crippen molar-refractivity contribution in [3.05, 3.63) is 66.0 Å². The van der Waals surface area contributed by atoms with E-state index < -0.39 is 0 Å². The van der Waals surface area contributed by atoms with Crippen molar-refractivity contribution >= 4 is 18.3 Å². The average molecular weight is 431 g/mol. The fourth-order valence-electron chi connectivity index (χ4n) is 4.17. The van der Waals surface area contributed by atoms with Crippen LogP contribution in [0.4, 0.5) is 0 Å². The highest BCUT2D eigenvalue weighted by Gasteiger charge is 2.29. The van der Waals surface area contributed by atoms with Crippen LogP contribution in [0.25, 0.3) is 0 Å². The number of hydrogen-bond acceptors (Lipinski definition) is 5. The zero-order valence-electron chi connectivity index (χ0n) is 17.3. The topological polar surface area (TPSA) is 57.7 Å². The number of ether oxygens (including phenoxy) is 1. The minimum Gasteiger partial charge on any atom is -0.373 e. The molecule has 1 aromatic heterocycles. The van der Waals surface area contributed by atoms with Crippen LogP contribution in [0.2, 0.25) is 0 Å². The van der Waals surface area contributed by atoms with E-state index in [0.717, 1.165) is 45.6 Å². The molecule has 0 aliphatic carbocycles. The molecule has 1 aromatic carbocycles. The Kier molecular flexibility index (Phi) is 8.63. The summed E-state index contributed by atoms with van der Waals surface area (Å²) in [5, 5.41) is 3.44. The number of amides is 1. The normalized spacial score (nSPS) is 20.5. The summed E-state index contributed by atoms with van der Waals surface area (Å²) in [6.07, 6.45) is 5.75. The first kappa shape index (κ1) is 22.7. The van der Waals surface area contributed by atoms with Gasteiger partial charge in [-0.2, -0.15) is 0 Å². The summed E-state index contributed by atoms with van der Waals surface area (Å²) in [6.45, 7) is 5.32.